The summed E-state index contributed by atoms with van der Waals surface area (Å²) in [6.07, 6.45) is 3.55. The van der Waals surface area contributed by atoms with Crippen molar-refractivity contribution in [3.05, 3.63) is 58.5 Å². The predicted octanol–water partition coefficient (Wildman–Crippen LogP) is 1.72. The minimum Gasteiger partial charge on any atom is -0.439 e. The molecule has 2 aliphatic rings. The fourth-order valence-electron chi connectivity index (χ4n) is 4.61. The van der Waals surface area contributed by atoms with Gasteiger partial charge in [0, 0.05) is 37.4 Å². The van der Waals surface area contributed by atoms with Gasteiger partial charge in [-0.05, 0) is 38.2 Å². The number of allylic oxidation sites excluding steroid dienone is 4. The van der Waals surface area contributed by atoms with Crippen molar-refractivity contribution in [2.45, 2.75) is 65.0 Å². The molecule has 2 rings (SSSR count). The lowest BCUT2D eigenvalue weighted by Gasteiger charge is -2.29. The molecule has 0 aromatic heterocycles. The van der Waals surface area contributed by atoms with Crippen molar-refractivity contribution in [3.63, 3.8) is 0 Å². The first-order chi connectivity index (χ1) is 18.3. The first-order valence-electron chi connectivity index (χ1n) is 12.6. The van der Waals surface area contributed by atoms with Crippen molar-refractivity contribution in [1.29, 1.82) is 0 Å². The fraction of sp³-hybridized carbons (Fsp3) is 0.500. The number of ether oxygens (including phenoxy) is 3. The molecule has 6 atom stereocenters. The number of nitrogens with one attached hydrogen (secondary N) is 1. The summed E-state index contributed by atoms with van der Waals surface area (Å²) in [4.78, 5) is 50.1. The largest absolute Gasteiger partial charge is 0.439 e. The lowest BCUT2D eigenvalue weighted by atomic mass is 9.85. The molecule has 0 saturated heterocycles. The third-order valence-electron chi connectivity index (χ3n) is 6.84. The van der Waals surface area contributed by atoms with Crippen LogP contribution in [0.4, 0.5) is 4.79 Å². The van der Waals surface area contributed by atoms with Gasteiger partial charge in [-0.25, -0.2) is 4.79 Å². The third-order valence-corrected chi connectivity index (χ3v) is 6.84. The van der Waals surface area contributed by atoms with Gasteiger partial charge in [-0.15, -0.1) is 0 Å². The van der Waals surface area contributed by atoms with Crippen molar-refractivity contribution < 1.29 is 38.5 Å². The Kier molecular flexibility index (Phi) is 11.4. The smallest absolute Gasteiger partial charge is 0.405 e. The quantitative estimate of drug-likeness (QED) is 0.303. The molecule has 0 aromatic rings. The zero-order valence-electron chi connectivity index (χ0n) is 23.2. The first kappa shape index (κ1) is 31.7. The second kappa shape index (κ2) is 14.0. The summed E-state index contributed by atoms with van der Waals surface area (Å²) >= 11 is 0. The van der Waals surface area contributed by atoms with Crippen LogP contribution in [0, 0.1) is 11.8 Å². The summed E-state index contributed by atoms with van der Waals surface area (Å²) in [5.74, 6) is -2.37. The van der Waals surface area contributed by atoms with E-state index in [2.05, 4.69) is 5.32 Å². The van der Waals surface area contributed by atoms with Gasteiger partial charge in [-0.2, -0.15) is 0 Å². The molecule has 1 aliphatic carbocycles. The number of carbonyl (C=O) groups excluding carboxylic acids is 4. The van der Waals surface area contributed by atoms with Gasteiger partial charge in [0.2, 0.25) is 11.6 Å². The van der Waals surface area contributed by atoms with Crippen LogP contribution < -0.4 is 16.8 Å². The number of amides is 2. The van der Waals surface area contributed by atoms with Crippen molar-refractivity contribution in [1.82, 2.24) is 5.32 Å². The van der Waals surface area contributed by atoms with Crippen molar-refractivity contribution in [2.75, 3.05) is 14.2 Å². The summed E-state index contributed by atoms with van der Waals surface area (Å²) in [7, 11) is 2.90. The van der Waals surface area contributed by atoms with E-state index in [9.17, 15) is 24.3 Å². The Morgan fingerprint density at radius 2 is 1.79 bits per heavy atom. The maximum absolute atomic E-state index is 13.2. The maximum atomic E-state index is 13.2. The molecule has 2 amide bonds. The Morgan fingerprint density at radius 3 is 2.38 bits per heavy atom. The molecule has 0 aromatic carbocycles. The summed E-state index contributed by atoms with van der Waals surface area (Å²) in [5.41, 5.74) is 11.9. The van der Waals surface area contributed by atoms with E-state index in [1.807, 2.05) is 6.92 Å². The number of primary amides is 1. The number of nitrogens with two attached hydrogens (primary N) is 2. The van der Waals surface area contributed by atoms with Gasteiger partial charge in [0.25, 0.3) is 5.91 Å². The molecule has 1 aliphatic heterocycles. The SMILES string of the molecule is CO[C@H]1/C=C\C=C(/C)C(=O)NC2=CC(=O)C(N)=C(C[C@@H](C)C[C@H](OC)[C@H](O)C(C)/C=C(\C)[C@@H]1OC(N)=O)C2=O. The van der Waals surface area contributed by atoms with Crippen molar-refractivity contribution in [2.24, 2.45) is 23.3 Å². The number of aliphatic hydroxyl groups is 1. The summed E-state index contributed by atoms with van der Waals surface area (Å²) < 4.78 is 16.4. The van der Waals surface area contributed by atoms with E-state index in [0.29, 0.717) is 12.0 Å². The Balaban J connectivity index is 2.58. The van der Waals surface area contributed by atoms with E-state index < -0.39 is 53.9 Å². The van der Waals surface area contributed by atoms with Crippen molar-refractivity contribution in [3.8, 4) is 0 Å². The number of hydrogen-bond donors (Lipinski definition) is 4. The van der Waals surface area contributed by atoms with Crippen LogP contribution in [0.3, 0.4) is 0 Å². The molecule has 0 saturated carbocycles. The topological polar surface area (TPSA) is 180 Å². The number of rotatable bonds is 3. The van der Waals surface area contributed by atoms with Crippen LogP contribution in [-0.4, -0.2) is 67.3 Å². The van der Waals surface area contributed by atoms with E-state index in [-0.39, 0.29) is 34.9 Å². The zero-order valence-corrected chi connectivity index (χ0v) is 23.2. The molecule has 1 unspecified atom stereocenters. The molecule has 0 spiro atoms. The number of fused-ring (bicyclic) bond motifs is 2. The molecule has 214 valence electrons. The Bertz CT molecular complexity index is 1130. The molecule has 1 heterocycles. The molecular formula is C28H39N3O8. The number of methoxy groups -OCH3 is 2. The highest BCUT2D eigenvalue weighted by Crippen LogP contribution is 2.28. The van der Waals surface area contributed by atoms with E-state index in [1.165, 1.54) is 33.3 Å². The molecule has 0 radical (unpaired) electrons. The highest BCUT2D eigenvalue weighted by molar-refractivity contribution is 6.23. The zero-order chi connectivity index (χ0) is 29.4. The monoisotopic (exact) mass is 545 g/mol. The van der Waals surface area contributed by atoms with E-state index >= 15 is 0 Å². The minimum absolute atomic E-state index is 0.104. The van der Waals surface area contributed by atoms with Crippen LogP contribution in [0.25, 0.3) is 0 Å². The number of carbonyl (C=O) groups is 4. The fourth-order valence-corrected chi connectivity index (χ4v) is 4.61. The predicted molar refractivity (Wildman–Crippen MR) is 144 cm³/mol. The molecule has 11 nitrogen and oxygen atoms in total. The molecule has 39 heavy (non-hydrogen) atoms. The second-order valence-corrected chi connectivity index (χ2v) is 9.97. The van der Waals surface area contributed by atoms with E-state index in [1.54, 1.807) is 26.0 Å². The van der Waals surface area contributed by atoms with E-state index in [0.717, 1.165) is 6.08 Å². The lowest BCUT2D eigenvalue weighted by molar-refractivity contribution is -0.120. The highest BCUT2D eigenvalue weighted by Gasteiger charge is 2.32. The number of ketones is 2. The van der Waals surface area contributed by atoms with Gasteiger partial charge < -0.3 is 36.1 Å². The standard InChI is InChI=1S/C28H39N3O8/c1-14-10-18-23(29)20(32)13-19(25(18)34)31-27(35)15(2)8-7-9-21(37-5)26(39-28(30)36)17(4)12-16(3)24(33)22(11-14)38-6/h7-9,12-14,16,21-22,24,26,33H,10-11,29H2,1-6H3,(H2,30,36)(H,31,35)/b9-7-,15-8+,17-12+/t14-,16?,21+,22+,24-,26+/m1/s1. The molecular weight excluding hydrogens is 506 g/mol. The van der Waals surface area contributed by atoms with Crippen LogP contribution in [0.1, 0.15) is 40.5 Å². The van der Waals surface area contributed by atoms with Crippen LogP contribution >= 0.6 is 0 Å². The Labute approximate surface area is 228 Å². The second-order valence-electron chi connectivity index (χ2n) is 9.97. The van der Waals surface area contributed by atoms with Gasteiger partial charge in [-0.1, -0.05) is 38.2 Å². The van der Waals surface area contributed by atoms with Gasteiger partial charge in [0.1, 0.15) is 6.10 Å². The average Bonchev–Trinajstić information content (AvgIpc) is 2.88. The maximum Gasteiger partial charge on any atom is 0.405 e. The molecule has 11 heteroatoms. The van der Waals surface area contributed by atoms with Crippen LogP contribution in [0.5, 0.6) is 0 Å². The Hall–Kier alpha value is -3.54. The normalized spacial score (nSPS) is 33.3. The Morgan fingerprint density at radius 1 is 1.13 bits per heavy atom. The van der Waals surface area contributed by atoms with Gasteiger partial charge in [-0.3, -0.25) is 14.4 Å². The highest BCUT2D eigenvalue weighted by atomic mass is 16.6. The van der Waals surface area contributed by atoms with Gasteiger partial charge in [0.15, 0.2) is 6.10 Å². The third kappa shape index (κ3) is 8.22. The molecule has 6 N–H and O–H groups in total. The molecule has 2 bridgehead atoms. The van der Waals surface area contributed by atoms with Crippen LogP contribution in [-0.2, 0) is 28.6 Å². The lowest BCUT2D eigenvalue weighted by Crippen LogP contribution is -2.37. The minimum atomic E-state index is -1.00. The van der Waals surface area contributed by atoms with Gasteiger partial charge >= 0.3 is 6.09 Å². The number of hydrogen-bond acceptors (Lipinski definition) is 9. The number of Topliss-reactive ketones (excluding diaryl/α,β-unsaturated/α-hetero) is 1. The summed E-state index contributed by atoms with van der Waals surface area (Å²) in [6, 6.07) is 0. The molecule has 0 fully saturated rings. The van der Waals surface area contributed by atoms with E-state index in [4.69, 9.17) is 25.7 Å². The van der Waals surface area contributed by atoms with Crippen LogP contribution in [0.2, 0.25) is 0 Å². The first-order valence-corrected chi connectivity index (χ1v) is 12.6. The summed E-state index contributed by atoms with van der Waals surface area (Å²) in [5, 5.41) is 13.6. The number of aliphatic hydroxyl groups excluding tert-OH is 1. The van der Waals surface area contributed by atoms with Gasteiger partial charge in [0.05, 0.1) is 23.6 Å². The van der Waals surface area contributed by atoms with Crippen LogP contribution in [0.15, 0.2) is 58.5 Å². The average molecular weight is 546 g/mol. The van der Waals surface area contributed by atoms with Crippen molar-refractivity contribution >= 4 is 23.6 Å². The summed E-state index contributed by atoms with van der Waals surface area (Å²) in [6.45, 7) is 6.89.